The highest BCUT2D eigenvalue weighted by Crippen LogP contribution is 2.28. The second kappa shape index (κ2) is 4.36. The molecule has 0 spiro atoms. The molecule has 18 heavy (non-hydrogen) atoms. The molecule has 0 fully saturated rings. The van der Waals surface area contributed by atoms with Crippen molar-refractivity contribution in [1.82, 2.24) is 4.98 Å². The molecular formula is C16H22N2. The molecule has 0 aliphatic rings. The molecule has 1 heterocycles. The number of hydrogen-bond donors (Lipinski definition) is 1. The van der Waals surface area contributed by atoms with E-state index >= 15 is 0 Å². The fourth-order valence-corrected chi connectivity index (χ4v) is 2.51. The van der Waals surface area contributed by atoms with Crippen LogP contribution in [-0.4, -0.2) is 11.5 Å². The molecule has 0 aliphatic carbocycles. The molecule has 2 aromatic rings. The Morgan fingerprint density at radius 2 is 1.72 bits per heavy atom. The lowest BCUT2D eigenvalue weighted by Crippen LogP contribution is -2.30. The summed E-state index contributed by atoms with van der Waals surface area (Å²) < 4.78 is 0. The van der Waals surface area contributed by atoms with Crippen molar-refractivity contribution < 1.29 is 0 Å². The Bertz CT molecular complexity index is 598. The molecule has 2 heteroatoms. The summed E-state index contributed by atoms with van der Waals surface area (Å²) in [6.07, 6.45) is 0. The van der Waals surface area contributed by atoms with Crippen molar-refractivity contribution in [2.24, 2.45) is 5.73 Å². The molecule has 0 atom stereocenters. The van der Waals surface area contributed by atoms with Crippen LogP contribution in [0.15, 0.2) is 18.2 Å². The molecule has 2 nitrogen and oxygen atoms in total. The molecule has 96 valence electrons. The first-order chi connectivity index (χ1) is 8.35. The van der Waals surface area contributed by atoms with Crippen molar-refractivity contribution in [1.29, 1.82) is 0 Å². The van der Waals surface area contributed by atoms with Gasteiger partial charge in [0.2, 0.25) is 0 Å². The molecule has 0 aliphatic heterocycles. The van der Waals surface area contributed by atoms with E-state index in [0.717, 1.165) is 11.2 Å². The van der Waals surface area contributed by atoms with Gasteiger partial charge in [0.05, 0.1) is 11.2 Å². The zero-order valence-corrected chi connectivity index (χ0v) is 12.0. The van der Waals surface area contributed by atoms with E-state index in [-0.39, 0.29) is 5.41 Å². The van der Waals surface area contributed by atoms with Crippen LogP contribution in [0.25, 0.3) is 10.9 Å². The Morgan fingerprint density at radius 3 is 2.33 bits per heavy atom. The second-order valence-corrected chi connectivity index (χ2v) is 5.89. The quantitative estimate of drug-likeness (QED) is 0.876. The van der Waals surface area contributed by atoms with E-state index in [1.807, 2.05) is 0 Å². The topological polar surface area (TPSA) is 38.9 Å². The van der Waals surface area contributed by atoms with Crippen molar-refractivity contribution in [3.8, 4) is 0 Å². The molecule has 0 saturated carbocycles. The maximum atomic E-state index is 5.87. The van der Waals surface area contributed by atoms with Gasteiger partial charge in [0.25, 0.3) is 0 Å². The van der Waals surface area contributed by atoms with Gasteiger partial charge in [0, 0.05) is 17.3 Å². The van der Waals surface area contributed by atoms with Crippen LogP contribution in [0.1, 0.15) is 36.2 Å². The smallest absolute Gasteiger partial charge is 0.0711 e. The normalized spacial score (nSPS) is 12.1. The highest BCUT2D eigenvalue weighted by molar-refractivity contribution is 5.83. The molecule has 0 bridgehead atoms. The number of nitrogens with zero attached hydrogens (tertiary/aromatic N) is 1. The van der Waals surface area contributed by atoms with Crippen LogP contribution in [0.4, 0.5) is 0 Å². The maximum Gasteiger partial charge on any atom is 0.0711 e. The highest BCUT2D eigenvalue weighted by Gasteiger charge is 2.23. The molecule has 0 saturated heterocycles. The summed E-state index contributed by atoms with van der Waals surface area (Å²) in [7, 11) is 0. The van der Waals surface area contributed by atoms with E-state index in [1.54, 1.807) is 0 Å². The van der Waals surface area contributed by atoms with Crippen LogP contribution < -0.4 is 5.73 Å². The summed E-state index contributed by atoms with van der Waals surface area (Å²) in [5.74, 6) is 0. The van der Waals surface area contributed by atoms with Crippen LogP contribution in [-0.2, 0) is 5.41 Å². The third kappa shape index (κ3) is 2.13. The van der Waals surface area contributed by atoms with Crippen molar-refractivity contribution in [2.75, 3.05) is 6.54 Å². The standard InChI is InChI=1S/C16H22N2/c1-10-6-11(2)13-8-12(3)15(16(4,5)9-17)18-14(13)7-10/h6-8H,9,17H2,1-5H3. The van der Waals surface area contributed by atoms with Crippen LogP contribution in [0.3, 0.4) is 0 Å². The van der Waals surface area contributed by atoms with E-state index in [9.17, 15) is 0 Å². The fourth-order valence-electron chi connectivity index (χ4n) is 2.51. The van der Waals surface area contributed by atoms with Crippen LogP contribution in [0.5, 0.6) is 0 Å². The lowest BCUT2D eigenvalue weighted by molar-refractivity contribution is 0.520. The van der Waals surface area contributed by atoms with Crippen molar-refractivity contribution >= 4 is 10.9 Å². The van der Waals surface area contributed by atoms with E-state index in [1.165, 1.54) is 22.1 Å². The van der Waals surface area contributed by atoms with Gasteiger partial charge in [-0.05, 0) is 49.6 Å². The van der Waals surface area contributed by atoms with Gasteiger partial charge in [0.1, 0.15) is 0 Å². The van der Waals surface area contributed by atoms with E-state index < -0.39 is 0 Å². The number of aryl methyl sites for hydroxylation is 3. The largest absolute Gasteiger partial charge is 0.330 e. The minimum absolute atomic E-state index is 0.0735. The SMILES string of the molecule is Cc1cc(C)c2cc(C)c(C(C)(C)CN)nc2c1. The number of fused-ring (bicyclic) bond motifs is 1. The van der Waals surface area contributed by atoms with Gasteiger partial charge in [0.15, 0.2) is 0 Å². The lowest BCUT2D eigenvalue weighted by Gasteiger charge is -2.24. The Morgan fingerprint density at radius 1 is 1.06 bits per heavy atom. The fraction of sp³-hybridized carbons (Fsp3) is 0.438. The van der Waals surface area contributed by atoms with Gasteiger partial charge in [-0.2, -0.15) is 0 Å². The number of nitrogens with two attached hydrogens (primary N) is 1. The second-order valence-electron chi connectivity index (χ2n) is 5.89. The van der Waals surface area contributed by atoms with Gasteiger partial charge in [-0.15, -0.1) is 0 Å². The van der Waals surface area contributed by atoms with Gasteiger partial charge in [-0.3, -0.25) is 4.98 Å². The van der Waals surface area contributed by atoms with Crippen LogP contribution in [0, 0.1) is 20.8 Å². The first-order valence-corrected chi connectivity index (χ1v) is 6.44. The maximum absolute atomic E-state index is 5.87. The van der Waals surface area contributed by atoms with E-state index in [0.29, 0.717) is 6.54 Å². The molecule has 1 aromatic carbocycles. The predicted molar refractivity (Wildman–Crippen MR) is 78.0 cm³/mol. The molecular weight excluding hydrogens is 220 g/mol. The van der Waals surface area contributed by atoms with Crippen molar-refractivity contribution in [3.63, 3.8) is 0 Å². The Kier molecular flexibility index (Phi) is 3.16. The summed E-state index contributed by atoms with van der Waals surface area (Å²) in [5.41, 5.74) is 11.8. The third-order valence-corrected chi connectivity index (χ3v) is 3.63. The molecule has 1 aromatic heterocycles. The number of hydrogen-bond acceptors (Lipinski definition) is 2. The molecule has 0 unspecified atom stereocenters. The minimum atomic E-state index is -0.0735. The third-order valence-electron chi connectivity index (χ3n) is 3.63. The Hall–Kier alpha value is -1.41. The molecule has 0 amide bonds. The Balaban J connectivity index is 2.76. The number of pyridine rings is 1. The van der Waals surface area contributed by atoms with Crippen molar-refractivity contribution in [2.45, 2.75) is 40.0 Å². The molecule has 2 N–H and O–H groups in total. The van der Waals surface area contributed by atoms with Crippen LogP contribution >= 0.6 is 0 Å². The summed E-state index contributed by atoms with van der Waals surface area (Å²) in [6, 6.07) is 6.60. The number of aromatic nitrogens is 1. The average molecular weight is 242 g/mol. The van der Waals surface area contributed by atoms with E-state index in [2.05, 4.69) is 52.8 Å². The first-order valence-electron chi connectivity index (χ1n) is 6.44. The zero-order valence-electron chi connectivity index (χ0n) is 12.0. The summed E-state index contributed by atoms with van der Waals surface area (Å²) in [6.45, 7) is 11.3. The van der Waals surface area contributed by atoms with E-state index in [4.69, 9.17) is 10.7 Å². The monoisotopic (exact) mass is 242 g/mol. The number of benzene rings is 1. The van der Waals surface area contributed by atoms with Gasteiger partial charge < -0.3 is 5.73 Å². The molecule has 0 radical (unpaired) electrons. The molecule has 2 rings (SSSR count). The average Bonchev–Trinajstić information content (AvgIpc) is 2.29. The Labute approximate surface area is 109 Å². The zero-order chi connectivity index (χ0) is 13.5. The summed E-state index contributed by atoms with van der Waals surface area (Å²) >= 11 is 0. The summed E-state index contributed by atoms with van der Waals surface area (Å²) in [5, 5.41) is 1.25. The van der Waals surface area contributed by atoms with Gasteiger partial charge >= 0.3 is 0 Å². The highest BCUT2D eigenvalue weighted by atomic mass is 14.7. The lowest BCUT2D eigenvalue weighted by atomic mass is 9.85. The van der Waals surface area contributed by atoms with Crippen LogP contribution in [0.2, 0.25) is 0 Å². The number of rotatable bonds is 2. The minimum Gasteiger partial charge on any atom is -0.330 e. The van der Waals surface area contributed by atoms with Crippen molar-refractivity contribution in [3.05, 3.63) is 40.6 Å². The predicted octanol–water partition coefficient (Wildman–Crippen LogP) is 3.40. The van der Waals surface area contributed by atoms with Gasteiger partial charge in [-0.25, -0.2) is 0 Å². The first kappa shape index (κ1) is 13.0. The summed E-state index contributed by atoms with van der Waals surface area (Å²) in [4.78, 5) is 4.86. The van der Waals surface area contributed by atoms with Gasteiger partial charge in [-0.1, -0.05) is 19.9 Å².